The van der Waals surface area contributed by atoms with E-state index in [0.717, 1.165) is 12.3 Å². The first-order valence-electron chi connectivity index (χ1n) is 4.70. The fourth-order valence-corrected chi connectivity index (χ4v) is 2.62. The van der Waals surface area contributed by atoms with Gasteiger partial charge >= 0.3 is 0 Å². The number of nitrogens with zero attached hydrogens (tertiary/aromatic N) is 1. The Kier molecular flexibility index (Phi) is 5.62. The van der Waals surface area contributed by atoms with Crippen molar-refractivity contribution in [2.45, 2.75) is 19.3 Å². The first-order chi connectivity index (χ1) is 6.43. The van der Waals surface area contributed by atoms with Crippen LogP contribution in [0.2, 0.25) is 0 Å². The van der Waals surface area contributed by atoms with E-state index in [-0.39, 0.29) is 0 Å². The van der Waals surface area contributed by atoms with Gasteiger partial charge in [-0.25, -0.2) is 9.79 Å². The Morgan fingerprint density at radius 3 is 3.15 bits per heavy atom. The van der Waals surface area contributed by atoms with Gasteiger partial charge in [-0.2, -0.15) is 11.8 Å². The second-order valence-electron chi connectivity index (χ2n) is 3.22. The molecule has 0 spiro atoms. The largest absolute Gasteiger partial charge is 0.235 e. The van der Waals surface area contributed by atoms with Crippen LogP contribution in [0.15, 0.2) is 17.1 Å². The Balaban J connectivity index is 2.09. The van der Waals surface area contributed by atoms with Gasteiger partial charge in [-0.15, -0.1) is 0 Å². The molecule has 0 bridgehead atoms. The molecule has 3 heteroatoms. The van der Waals surface area contributed by atoms with E-state index in [9.17, 15) is 4.79 Å². The molecule has 0 amide bonds. The molecular weight excluding hydrogens is 182 g/mol. The van der Waals surface area contributed by atoms with E-state index in [1.54, 1.807) is 0 Å². The number of isocyanates is 1. The van der Waals surface area contributed by atoms with Gasteiger partial charge in [-0.05, 0) is 36.7 Å². The zero-order valence-corrected chi connectivity index (χ0v) is 8.55. The van der Waals surface area contributed by atoms with Crippen molar-refractivity contribution in [3.8, 4) is 0 Å². The summed E-state index contributed by atoms with van der Waals surface area (Å²) in [7, 11) is 0. The van der Waals surface area contributed by atoms with E-state index >= 15 is 0 Å². The molecule has 1 rings (SSSR count). The van der Waals surface area contributed by atoms with Crippen molar-refractivity contribution < 1.29 is 4.79 Å². The predicted octanol–water partition coefficient (Wildman–Crippen LogP) is 2.41. The number of allylic oxidation sites excluding steroid dienone is 1. The standard InChI is InChI=1S/C10H15NOS/c12-9-11-6-2-1-4-10-5-3-7-13-8-10/h1-2,10H,3-8H2/b2-1-. The molecule has 0 aromatic heterocycles. The molecular formula is C10H15NOS. The van der Waals surface area contributed by atoms with Gasteiger partial charge in [0.25, 0.3) is 0 Å². The number of thioether (sulfide) groups is 1. The average molecular weight is 197 g/mol. The summed E-state index contributed by atoms with van der Waals surface area (Å²) < 4.78 is 0. The van der Waals surface area contributed by atoms with Crippen molar-refractivity contribution in [1.29, 1.82) is 0 Å². The van der Waals surface area contributed by atoms with Crippen molar-refractivity contribution in [1.82, 2.24) is 0 Å². The third-order valence-electron chi connectivity index (χ3n) is 2.15. The summed E-state index contributed by atoms with van der Waals surface area (Å²) in [6.45, 7) is 0.489. The maximum absolute atomic E-state index is 9.74. The lowest BCUT2D eigenvalue weighted by Crippen LogP contribution is -2.08. The van der Waals surface area contributed by atoms with Crippen molar-refractivity contribution in [3.63, 3.8) is 0 Å². The highest BCUT2D eigenvalue weighted by Gasteiger charge is 2.11. The number of hydrogen-bond acceptors (Lipinski definition) is 3. The van der Waals surface area contributed by atoms with Gasteiger partial charge in [0.1, 0.15) is 0 Å². The molecule has 13 heavy (non-hydrogen) atoms. The van der Waals surface area contributed by atoms with E-state index in [1.165, 1.54) is 30.4 Å². The van der Waals surface area contributed by atoms with Crippen LogP contribution in [0.1, 0.15) is 19.3 Å². The summed E-state index contributed by atoms with van der Waals surface area (Å²) in [6, 6.07) is 0. The summed E-state index contributed by atoms with van der Waals surface area (Å²) in [6.07, 6.45) is 9.46. The predicted molar refractivity (Wildman–Crippen MR) is 56.8 cm³/mol. The van der Waals surface area contributed by atoms with Crippen molar-refractivity contribution >= 4 is 17.8 Å². The molecule has 1 aliphatic heterocycles. The van der Waals surface area contributed by atoms with Crippen LogP contribution in [-0.2, 0) is 4.79 Å². The third-order valence-corrected chi connectivity index (χ3v) is 3.44. The monoisotopic (exact) mass is 197 g/mol. The van der Waals surface area contributed by atoms with Gasteiger partial charge in [0.2, 0.25) is 6.08 Å². The quantitative estimate of drug-likeness (QED) is 0.393. The molecule has 0 aromatic rings. The molecule has 0 aromatic carbocycles. The van der Waals surface area contributed by atoms with Crippen LogP contribution in [0, 0.1) is 5.92 Å². The molecule has 0 aliphatic carbocycles. The maximum atomic E-state index is 9.74. The average Bonchev–Trinajstić information content (AvgIpc) is 2.19. The molecule has 2 nitrogen and oxygen atoms in total. The van der Waals surface area contributed by atoms with Gasteiger partial charge in [0.05, 0.1) is 6.54 Å². The molecule has 0 N–H and O–H groups in total. The smallest absolute Gasteiger partial charge is 0.211 e. The Hall–Kier alpha value is -0.530. The molecule has 1 atom stereocenters. The second kappa shape index (κ2) is 6.93. The van der Waals surface area contributed by atoms with Crippen LogP contribution in [0.3, 0.4) is 0 Å². The summed E-state index contributed by atoms with van der Waals surface area (Å²) in [4.78, 5) is 13.2. The molecule has 1 saturated heterocycles. The first kappa shape index (κ1) is 10.6. The molecule has 72 valence electrons. The highest BCUT2D eigenvalue weighted by atomic mass is 32.2. The molecule has 0 saturated carbocycles. The minimum absolute atomic E-state index is 0.489. The summed E-state index contributed by atoms with van der Waals surface area (Å²) >= 11 is 2.05. The van der Waals surface area contributed by atoms with E-state index in [0.29, 0.717) is 6.54 Å². The lowest BCUT2D eigenvalue weighted by molar-refractivity contribution is 0.530. The van der Waals surface area contributed by atoms with Gasteiger partial charge in [-0.1, -0.05) is 12.2 Å². The molecule has 1 heterocycles. The lowest BCUT2D eigenvalue weighted by atomic mass is 10.0. The highest BCUT2D eigenvalue weighted by molar-refractivity contribution is 7.99. The van der Waals surface area contributed by atoms with Crippen molar-refractivity contribution in [2.75, 3.05) is 18.1 Å². The van der Waals surface area contributed by atoms with E-state index in [2.05, 4.69) is 22.8 Å². The van der Waals surface area contributed by atoms with Crippen molar-refractivity contribution in [2.24, 2.45) is 10.9 Å². The first-order valence-corrected chi connectivity index (χ1v) is 5.85. The fourth-order valence-electron chi connectivity index (χ4n) is 1.45. The second-order valence-corrected chi connectivity index (χ2v) is 4.37. The molecule has 1 fully saturated rings. The Morgan fingerprint density at radius 2 is 2.46 bits per heavy atom. The minimum atomic E-state index is 0.489. The van der Waals surface area contributed by atoms with Crippen LogP contribution in [0.4, 0.5) is 0 Å². The summed E-state index contributed by atoms with van der Waals surface area (Å²) in [5.74, 6) is 3.46. The maximum Gasteiger partial charge on any atom is 0.235 e. The van der Waals surface area contributed by atoms with E-state index in [4.69, 9.17) is 0 Å². The Bertz CT molecular complexity index is 203. The van der Waals surface area contributed by atoms with Crippen molar-refractivity contribution in [3.05, 3.63) is 12.2 Å². The fraction of sp³-hybridized carbons (Fsp3) is 0.700. The summed E-state index contributed by atoms with van der Waals surface area (Å²) in [5, 5.41) is 0. The summed E-state index contributed by atoms with van der Waals surface area (Å²) in [5.41, 5.74) is 0. The van der Waals surface area contributed by atoms with Gasteiger partial charge in [0, 0.05) is 0 Å². The zero-order chi connectivity index (χ0) is 9.36. The molecule has 1 aliphatic rings. The van der Waals surface area contributed by atoms with Crippen LogP contribution < -0.4 is 0 Å². The zero-order valence-electron chi connectivity index (χ0n) is 7.74. The topological polar surface area (TPSA) is 29.4 Å². The highest BCUT2D eigenvalue weighted by Crippen LogP contribution is 2.25. The van der Waals surface area contributed by atoms with Crippen LogP contribution in [-0.4, -0.2) is 24.1 Å². The number of aliphatic imine (C=N–C) groups is 1. The van der Waals surface area contributed by atoms with Crippen LogP contribution in [0.5, 0.6) is 0 Å². The molecule has 1 unspecified atom stereocenters. The van der Waals surface area contributed by atoms with Gasteiger partial charge in [-0.3, -0.25) is 0 Å². The van der Waals surface area contributed by atoms with Gasteiger partial charge in [0.15, 0.2) is 0 Å². The third kappa shape index (κ3) is 4.91. The SMILES string of the molecule is O=C=NC/C=C\CC1CCCSC1. The number of carbonyl (C=O) groups excluding carboxylic acids is 1. The van der Waals surface area contributed by atoms with Crippen LogP contribution in [0.25, 0.3) is 0 Å². The van der Waals surface area contributed by atoms with Crippen LogP contribution >= 0.6 is 11.8 Å². The van der Waals surface area contributed by atoms with E-state index in [1.807, 2.05) is 6.08 Å². The minimum Gasteiger partial charge on any atom is -0.211 e. The van der Waals surface area contributed by atoms with Gasteiger partial charge < -0.3 is 0 Å². The molecule has 0 radical (unpaired) electrons. The van der Waals surface area contributed by atoms with E-state index < -0.39 is 0 Å². The lowest BCUT2D eigenvalue weighted by Gasteiger charge is -2.19. The number of rotatable bonds is 4. The Labute approximate surface area is 83.5 Å². The number of hydrogen-bond donors (Lipinski definition) is 0. The Morgan fingerprint density at radius 1 is 1.54 bits per heavy atom. The normalized spacial score (nSPS) is 22.9.